The summed E-state index contributed by atoms with van der Waals surface area (Å²) in [6.07, 6.45) is 2.12. The van der Waals surface area contributed by atoms with E-state index in [2.05, 4.69) is 24.8 Å². The molecule has 1 atom stereocenters. The molecule has 0 aliphatic carbocycles. The number of allylic oxidation sites excluding steroid dienone is 1. The fraction of sp³-hybridized carbons (Fsp3) is 0.727. The lowest BCUT2D eigenvalue weighted by atomic mass is 10.1. The van der Waals surface area contributed by atoms with Crippen LogP contribution in [0.2, 0.25) is 0 Å². The molecule has 0 saturated heterocycles. The molecule has 3 nitrogen and oxygen atoms in total. The van der Waals surface area contributed by atoms with Crippen LogP contribution in [0.4, 0.5) is 0 Å². The average molecular weight is 199 g/mol. The smallest absolute Gasteiger partial charge is 0.307 e. The predicted molar refractivity (Wildman–Crippen MR) is 58.3 cm³/mol. The van der Waals surface area contributed by atoms with Gasteiger partial charge in [0.25, 0.3) is 0 Å². The van der Waals surface area contributed by atoms with E-state index in [-0.39, 0.29) is 5.92 Å². The van der Waals surface area contributed by atoms with Gasteiger partial charge in [0, 0.05) is 13.1 Å². The van der Waals surface area contributed by atoms with Crippen LogP contribution in [0, 0.1) is 5.92 Å². The van der Waals surface area contributed by atoms with Crippen LogP contribution < -0.4 is 0 Å². The minimum absolute atomic E-state index is 0.291. The van der Waals surface area contributed by atoms with Gasteiger partial charge in [-0.2, -0.15) is 0 Å². The first kappa shape index (κ1) is 13.2. The Bertz CT molecular complexity index is 207. The van der Waals surface area contributed by atoms with Crippen LogP contribution in [0.25, 0.3) is 0 Å². The molecule has 0 saturated carbocycles. The third-order valence-electron chi connectivity index (χ3n) is 2.16. The molecule has 0 heterocycles. The molecule has 0 radical (unpaired) electrons. The molecular formula is C11H21NO2. The van der Waals surface area contributed by atoms with Gasteiger partial charge in [0.05, 0.1) is 5.92 Å². The van der Waals surface area contributed by atoms with Crippen LogP contribution in [-0.2, 0) is 4.79 Å². The topological polar surface area (TPSA) is 40.5 Å². The van der Waals surface area contributed by atoms with Crippen LogP contribution in [-0.4, -0.2) is 35.6 Å². The van der Waals surface area contributed by atoms with Crippen molar-refractivity contribution in [3.05, 3.63) is 11.6 Å². The molecule has 0 bridgehead atoms. The Morgan fingerprint density at radius 3 is 2.43 bits per heavy atom. The highest BCUT2D eigenvalue weighted by molar-refractivity contribution is 5.69. The van der Waals surface area contributed by atoms with Gasteiger partial charge in [0.1, 0.15) is 0 Å². The summed E-state index contributed by atoms with van der Waals surface area (Å²) >= 11 is 0. The number of carbonyl (C=O) groups is 1. The summed E-state index contributed by atoms with van der Waals surface area (Å²) in [4.78, 5) is 12.8. The lowest BCUT2D eigenvalue weighted by Crippen LogP contribution is -2.31. The van der Waals surface area contributed by atoms with Gasteiger partial charge in [-0.1, -0.05) is 25.5 Å². The highest BCUT2D eigenvalue weighted by atomic mass is 16.4. The summed E-state index contributed by atoms with van der Waals surface area (Å²) in [7, 11) is 0. The highest BCUT2D eigenvalue weighted by Crippen LogP contribution is 2.01. The highest BCUT2D eigenvalue weighted by Gasteiger charge is 2.13. The molecule has 0 aromatic heterocycles. The Morgan fingerprint density at radius 1 is 1.50 bits per heavy atom. The molecule has 14 heavy (non-hydrogen) atoms. The van der Waals surface area contributed by atoms with Gasteiger partial charge < -0.3 is 5.11 Å². The summed E-state index contributed by atoms with van der Waals surface area (Å²) in [6.45, 7) is 10.2. The van der Waals surface area contributed by atoms with Crippen molar-refractivity contribution in [1.82, 2.24) is 4.90 Å². The lowest BCUT2D eigenvalue weighted by molar-refractivity contribution is -0.141. The minimum atomic E-state index is -0.722. The molecule has 0 aromatic rings. The van der Waals surface area contributed by atoms with E-state index >= 15 is 0 Å². The Balaban J connectivity index is 4.03. The second kappa shape index (κ2) is 6.60. The predicted octanol–water partition coefficient (Wildman–Crippen LogP) is 2.00. The van der Waals surface area contributed by atoms with Crippen molar-refractivity contribution < 1.29 is 9.90 Å². The van der Waals surface area contributed by atoms with Gasteiger partial charge in [-0.05, 0) is 20.4 Å². The second-order valence-corrected chi connectivity index (χ2v) is 3.87. The van der Waals surface area contributed by atoms with Crippen LogP contribution in [0.15, 0.2) is 11.6 Å². The van der Waals surface area contributed by atoms with Crippen LogP contribution >= 0.6 is 0 Å². The molecule has 0 aliphatic heterocycles. The van der Waals surface area contributed by atoms with Crippen LogP contribution in [0.5, 0.6) is 0 Å². The van der Waals surface area contributed by atoms with Crippen molar-refractivity contribution in [2.75, 3.05) is 19.6 Å². The van der Waals surface area contributed by atoms with E-state index in [1.54, 1.807) is 6.92 Å². The van der Waals surface area contributed by atoms with Gasteiger partial charge >= 0.3 is 5.97 Å². The number of hydrogen-bond acceptors (Lipinski definition) is 2. The SMILES string of the molecule is CCN(CC=C(C)C)CC(C)C(=O)O. The first-order valence-electron chi connectivity index (χ1n) is 5.05. The Morgan fingerprint density at radius 2 is 2.07 bits per heavy atom. The summed E-state index contributed by atoms with van der Waals surface area (Å²) in [5, 5.41) is 8.76. The first-order chi connectivity index (χ1) is 6.47. The number of carboxylic acids is 1. The maximum absolute atomic E-state index is 10.6. The minimum Gasteiger partial charge on any atom is -0.481 e. The van der Waals surface area contributed by atoms with Crippen LogP contribution in [0.1, 0.15) is 27.7 Å². The fourth-order valence-electron chi connectivity index (χ4n) is 1.11. The number of hydrogen-bond donors (Lipinski definition) is 1. The quantitative estimate of drug-likeness (QED) is 0.665. The molecule has 0 aliphatic rings. The maximum atomic E-state index is 10.6. The molecule has 0 fully saturated rings. The zero-order valence-electron chi connectivity index (χ0n) is 9.58. The number of nitrogens with zero attached hydrogens (tertiary/aromatic N) is 1. The third-order valence-corrected chi connectivity index (χ3v) is 2.16. The Kier molecular flexibility index (Phi) is 6.21. The zero-order valence-corrected chi connectivity index (χ0v) is 9.58. The van der Waals surface area contributed by atoms with E-state index in [0.29, 0.717) is 6.54 Å². The largest absolute Gasteiger partial charge is 0.481 e. The molecule has 0 amide bonds. The van der Waals surface area contributed by atoms with Gasteiger partial charge in [-0.15, -0.1) is 0 Å². The van der Waals surface area contributed by atoms with Crippen molar-refractivity contribution in [3.63, 3.8) is 0 Å². The van der Waals surface area contributed by atoms with E-state index in [0.717, 1.165) is 13.1 Å². The van der Waals surface area contributed by atoms with Crippen molar-refractivity contribution in [2.24, 2.45) is 5.92 Å². The van der Waals surface area contributed by atoms with Crippen LogP contribution in [0.3, 0.4) is 0 Å². The number of aliphatic carboxylic acids is 1. The summed E-state index contributed by atoms with van der Waals surface area (Å²) in [5.41, 5.74) is 1.27. The third kappa shape index (κ3) is 5.75. The normalized spacial score (nSPS) is 12.6. The molecule has 1 unspecified atom stereocenters. The van der Waals surface area contributed by atoms with E-state index in [9.17, 15) is 4.79 Å². The zero-order chi connectivity index (χ0) is 11.1. The lowest BCUT2D eigenvalue weighted by Gasteiger charge is -2.20. The number of rotatable bonds is 6. The summed E-state index contributed by atoms with van der Waals surface area (Å²) < 4.78 is 0. The molecule has 3 heteroatoms. The van der Waals surface area contributed by atoms with E-state index in [1.165, 1.54) is 5.57 Å². The second-order valence-electron chi connectivity index (χ2n) is 3.87. The molecule has 0 spiro atoms. The average Bonchev–Trinajstić information content (AvgIpc) is 2.11. The first-order valence-corrected chi connectivity index (χ1v) is 5.05. The number of likely N-dealkylation sites (N-methyl/N-ethyl adjacent to an activating group) is 1. The maximum Gasteiger partial charge on any atom is 0.307 e. The van der Waals surface area contributed by atoms with Crippen molar-refractivity contribution >= 4 is 5.97 Å². The standard InChI is InChI=1S/C11H21NO2/c1-5-12(7-6-9(2)3)8-10(4)11(13)14/h6,10H,5,7-8H2,1-4H3,(H,13,14). The van der Waals surface area contributed by atoms with Crippen molar-refractivity contribution in [1.29, 1.82) is 0 Å². The van der Waals surface area contributed by atoms with Crippen molar-refractivity contribution in [3.8, 4) is 0 Å². The molecular weight excluding hydrogens is 178 g/mol. The summed E-state index contributed by atoms with van der Waals surface area (Å²) in [6, 6.07) is 0. The molecule has 0 rings (SSSR count). The Labute approximate surface area is 86.4 Å². The van der Waals surface area contributed by atoms with E-state index < -0.39 is 5.97 Å². The van der Waals surface area contributed by atoms with E-state index in [1.807, 2.05) is 6.92 Å². The van der Waals surface area contributed by atoms with Gasteiger partial charge in [0.15, 0.2) is 0 Å². The summed E-state index contributed by atoms with van der Waals surface area (Å²) in [5.74, 6) is -1.01. The number of carboxylic acid groups (broad SMARTS) is 1. The molecule has 82 valence electrons. The fourth-order valence-corrected chi connectivity index (χ4v) is 1.11. The molecule has 0 aromatic carbocycles. The van der Waals surface area contributed by atoms with Crippen molar-refractivity contribution in [2.45, 2.75) is 27.7 Å². The van der Waals surface area contributed by atoms with Gasteiger partial charge in [0.2, 0.25) is 0 Å². The molecule has 1 N–H and O–H groups in total. The van der Waals surface area contributed by atoms with Gasteiger partial charge in [-0.25, -0.2) is 0 Å². The van der Waals surface area contributed by atoms with E-state index in [4.69, 9.17) is 5.11 Å². The Hall–Kier alpha value is -0.830. The van der Waals surface area contributed by atoms with Gasteiger partial charge in [-0.3, -0.25) is 9.69 Å². The monoisotopic (exact) mass is 199 g/mol.